The molecular formula is C16H18O2. The number of rotatable bonds is 6. The smallest absolute Gasteiger partial charge is 0.306 e. The summed E-state index contributed by atoms with van der Waals surface area (Å²) >= 11 is 0. The van der Waals surface area contributed by atoms with Crippen LogP contribution in [0.1, 0.15) is 30.0 Å². The third-order valence-electron chi connectivity index (χ3n) is 2.61. The fourth-order valence-corrected chi connectivity index (χ4v) is 1.75. The first-order valence-electron chi connectivity index (χ1n) is 6.06. The molecule has 18 heavy (non-hydrogen) atoms. The molecule has 1 aromatic rings. The van der Waals surface area contributed by atoms with Crippen molar-refractivity contribution in [2.75, 3.05) is 6.61 Å². The van der Waals surface area contributed by atoms with Crippen molar-refractivity contribution in [1.82, 2.24) is 0 Å². The summed E-state index contributed by atoms with van der Waals surface area (Å²) in [4.78, 5) is 11.3. The Hall–Kier alpha value is -2.01. The molecule has 94 valence electrons. The van der Waals surface area contributed by atoms with Crippen molar-refractivity contribution in [2.45, 2.75) is 26.2 Å². The van der Waals surface area contributed by atoms with E-state index >= 15 is 0 Å². The van der Waals surface area contributed by atoms with Gasteiger partial charge in [-0.3, -0.25) is 4.79 Å². The number of hydrogen-bond acceptors (Lipinski definition) is 2. The third-order valence-corrected chi connectivity index (χ3v) is 2.61. The van der Waals surface area contributed by atoms with Gasteiger partial charge >= 0.3 is 5.97 Å². The van der Waals surface area contributed by atoms with Crippen LogP contribution in [0.25, 0.3) is 0 Å². The largest absolute Gasteiger partial charge is 0.466 e. The van der Waals surface area contributed by atoms with Crippen LogP contribution in [0.3, 0.4) is 0 Å². The number of aryl methyl sites for hydroxylation is 1. The molecule has 2 nitrogen and oxygen atoms in total. The van der Waals surface area contributed by atoms with Gasteiger partial charge in [-0.05, 0) is 37.0 Å². The van der Waals surface area contributed by atoms with E-state index in [1.54, 1.807) is 0 Å². The van der Waals surface area contributed by atoms with Crippen LogP contribution in [0.4, 0.5) is 0 Å². The van der Waals surface area contributed by atoms with Crippen LogP contribution in [-0.2, 0) is 22.4 Å². The van der Waals surface area contributed by atoms with Gasteiger partial charge in [0.15, 0.2) is 0 Å². The Kier molecular flexibility index (Phi) is 5.73. The minimum Gasteiger partial charge on any atom is -0.466 e. The van der Waals surface area contributed by atoms with Gasteiger partial charge in [0.2, 0.25) is 0 Å². The summed E-state index contributed by atoms with van der Waals surface area (Å²) < 4.78 is 4.90. The van der Waals surface area contributed by atoms with Crippen LogP contribution < -0.4 is 0 Å². The minimum absolute atomic E-state index is 0.163. The number of benzene rings is 1. The zero-order valence-corrected chi connectivity index (χ0v) is 10.7. The van der Waals surface area contributed by atoms with Crippen molar-refractivity contribution in [2.24, 2.45) is 0 Å². The van der Waals surface area contributed by atoms with Crippen molar-refractivity contribution >= 4 is 5.97 Å². The molecule has 0 atom stereocenters. The monoisotopic (exact) mass is 242 g/mol. The molecule has 0 aliphatic rings. The summed E-state index contributed by atoms with van der Waals surface area (Å²) in [5, 5.41) is 0. The van der Waals surface area contributed by atoms with Gasteiger partial charge in [0.25, 0.3) is 0 Å². The maximum absolute atomic E-state index is 11.3. The second-order valence-corrected chi connectivity index (χ2v) is 3.93. The minimum atomic E-state index is -0.163. The first-order valence-corrected chi connectivity index (χ1v) is 6.06. The third kappa shape index (κ3) is 4.10. The summed E-state index contributed by atoms with van der Waals surface area (Å²) in [6.07, 6.45) is 9.08. The predicted molar refractivity (Wildman–Crippen MR) is 73.2 cm³/mol. The molecule has 0 N–H and O–H groups in total. The Labute approximate surface area is 109 Å². The van der Waals surface area contributed by atoms with Crippen molar-refractivity contribution in [3.63, 3.8) is 0 Å². The van der Waals surface area contributed by atoms with Crippen molar-refractivity contribution in [3.05, 3.63) is 47.5 Å². The topological polar surface area (TPSA) is 26.3 Å². The zero-order valence-electron chi connectivity index (χ0n) is 10.7. The van der Waals surface area contributed by atoms with Crippen molar-refractivity contribution < 1.29 is 9.53 Å². The van der Waals surface area contributed by atoms with E-state index in [9.17, 15) is 4.79 Å². The van der Waals surface area contributed by atoms with Crippen LogP contribution in [0.2, 0.25) is 0 Å². The molecule has 0 aromatic heterocycles. The highest BCUT2D eigenvalue weighted by molar-refractivity contribution is 5.69. The number of terminal acetylenes is 1. The molecule has 0 bridgehead atoms. The van der Waals surface area contributed by atoms with Crippen molar-refractivity contribution in [1.29, 1.82) is 0 Å². The van der Waals surface area contributed by atoms with Crippen LogP contribution in [0.15, 0.2) is 30.9 Å². The molecule has 0 aliphatic heterocycles. The molecule has 0 aliphatic carbocycles. The van der Waals surface area contributed by atoms with E-state index in [2.05, 4.69) is 12.5 Å². The molecule has 0 radical (unpaired) electrons. The van der Waals surface area contributed by atoms with Crippen LogP contribution in [0, 0.1) is 12.3 Å². The summed E-state index contributed by atoms with van der Waals surface area (Å²) in [5.74, 6) is 2.49. The molecule has 0 fully saturated rings. The first kappa shape index (κ1) is 14.1. The average Bonchev–Trinajstić information content (AvgIpc) is 2.37. The molecule has 1 aromatic carbocycles. The van der Waals surface area contributed by atoms with E-state index in [1.165, 1.54) is 0 Å². The lowest BCUT2D eigenvalue weighted by Crippen LogP contribution is -2.05. The summed E-state index contributed by atoms with van der Waals surface area (Å²) in [6.45, 7) is 5.95. The van der Waals surface area contributed by atoms with E-state index in [-0.39, 0.29) is 5.97 Å². The fraction of sp³-hybridized carbons (Fsp3) is 0.312. The number of carbonyl (C=O) groups excluding carboxylic acids is 1. The molecule has 0 saturated heterocycles. The number of hydrogen-bond donors (Lipinski definition) is 0. The van der Waals surface area contributed by atoms with Gasteiger partial charge in [0, 0.05) is 12.0 Å². The predicted octanol–water partition coefficient (Wildman–Crippen LogP) is 2.89. The molecule has 0 saturated carbocycles. The van der Waals surface area contributed by atoms with E-state index < -0.39 is 0 Å². The lowest BCUT2D eigenvalue weighted by Gasteiger charge is -2.06. The Morgan fingerprint density at radius 3 is 2.94 bits per heavy atom. The van der Waals surface area contributed by atoms with Crippen molar-refractivity contribution in [3.8, 4) is 12.3 Å². The maximum atomic E-state index is 11.3. The molecule has 0 unspecified atom stereocenters. The summed E-state index contributed by atoms with van der Waals surface area (Å²) in [5.41, 5.74) is 3.06. The highest BCUT2D eigenvalue weighted by atomic mass is 16.5. The lowest BCUT2D eigenvalue weighted by atomic mass is 9.99. The summed E-state index contributed by atoms with van der Waals surface area (Å²) in [6, 6.07) is 5.91. The number of ether oxygens (including phenoxy) is 1. The van der Waals surface area contributed by atoms with Crippen LogP contribution in [-0.4, -0.2) is 12.6 Å². The molecule has 0 heterocycles. The number of esters is 1. The van der Waals surface area contributed by atoms with E-state index in [4.69, 9.17) is 11.2 Å². The molecule has 1 rings (SSSR count). The van der Waals surface area contributed by atoms with E-state index in [0.717, 1.165) is 23.1 Å². The highest BCUT2D eigenvalue weighted by Crippen LogP contribution is 2.14. The average molecular weight is 242 g/mol. The normalized spacial score (nSPS) is 9.56. The second-order valence-electron chi connectivity index (χ2n) is 3.93. The van der Waals surface area contributed by atoms with Gasteiger partial charge < -0.3 is 4.74 Å². The quantitative estimate of drug-likeness (QED) is 0.435. The highest BCUT2D eigenvalue weighted by Gasteiger charge is 2.05. The second kappa shape index (κ2) is 7.34. The Morgan fingerprint density at radius 1 is 1.56 bits per heavy atom. The fourth-order valence-electron chi connectivity index (χ4n) is 1.75. The SMILES string of the molecule is C#Cc1ccc(CCC(=O)OCC)cc1CC=C. The number of allylic oxidation sites excluding steroid dienone is 1. The lowest BCUT2D eigenvalue weighted by molar-refractivity contribution is -0.143. The maximum Gasteiger partial charge on any atom is 0.306 e. The molecular weight excluding hydrogens is 224 g/mol. The first-order chi connectivity index (χ1) is 8.71. The Bertz CT molecular complexity index is 466. The zero-order chi connectivity index (χ0) is 13.4. The van der Waals surface area contributed by atoms with Gasteiger partial charge in [-0.1, -0.05) is 24.1 Å². The van der Waals surface area contributed by atoms with Gasteiger partial charge in [-0.25, -0.2) is 0 Å². The summed E-state index contributed by atoms with van der Waals surface area (Å²) in [7, 11) is 0. The van der Waals surface area contributed by atoms with Gasteiger partial charge in [0.05, 0.1) is 6.61 Å². The van der Waals surface area contributed by atoms with Gasteiger partial charge in [0.1, 0.15) is 0 Å². The molecule has 0 amide bonds. The molecule has 2 heteroatoms. The van der Waals surface area contributed by atoms with Gasteiger partial charge in [-0.15, -0.1) is 13.0 Å². The van der Waals surface area contributed by atoms with E-state index in [0.29, 0.717) is 19.4 Å². The van der Waals surface area contributed by atoms with E-state index in [1.807, 2.05) is 31.2 Å². The molecule has 0 spiro atoms. The number of carbonyl (C=O) groups is 1. The van der Waals surface area contributed by atoms with Gasteiger partial charge in [-0.2, -0.15) is 0 Å². The Morgan fingerprint density at radius 2 is 2.33 bits per heavy atom. The van der Waals surface area contributed by atoms with Crippen LogP contribution in [0.5, 0.6) is 0 Å². The van der Waals surface area contributed by atoms with Crippen LogP contribution >= 0.6 is 0 Å². The Balaban J connectivity index is 2.73. The standard InChI is InChI=1S/C16H18O2/c1-4-7-15-12-13(8-10-14(15)5-2)9-11-16(17)18-6-3/h2,4,8,10,12H,1,6-7,9,11H2,3H3.